The molecule has 214 valence electrons. The third-order valence-electron chi connectivity index (χ3n) is 6.76. The minimum absolute atomic E-state index is 0.0149. The van der Waals surface area contributed by atoms with Crippen molar-refractivity contribution in [3.63, 3.8) is 0 Å². The van der Waals surface area contributed by atoms with Gasteiger partial charge in [-0.05, 0) is 38.2 Å². The quantitative estimate of drug-likeness (QED) is 0.306. The lowest BCUT2D eigenvalue weighted by Gasteiger charge is -2.29. The molecule has 11 nitrogen and oxygen atoms in total. The molecule has 0 spiro atoms. The largest absolute Gasteiger partial charge is 0.504 e. The summed E-state index contributed by atoms with van der Waals surface area (Å²) in [5.74, 6) is -3.53. The van der Waals surface area contributed by atoms with Crippen LogP contribution in [0.2, 0.25) is 0 Å². The van der Waals surface area contributed by atoms with E-state index in [1.807, 2.05) is 0 Å². The van der Waals surface area contributed by atoms with E-state index in [-0.39, 0.29) is 35.6 Å². The monoisotopic (exact) mass is 546 g/mol. The van der Waals surface area contributed by atoms with E-state index in [0.29, 0.717) is 5.57 Å². The lowest BCUT2D eigenvalue weighted by Crippen LogP contribution is -2.37. The molecule has 0 fully saturated rings. The number of ketones is 2. The van der Waals surface area contributed by atoms with E-state index in [2.05, 4.69) is 5.32 Å². The Balaban J connectivity index is 2.58. The first-order valence-corrected chi connectivity index (χ1v) is 12.6. The average Bonchev–Trinajstić information content (AvgIpc) is 2.88. The van der Waals surface area contributed by atoms with Crippen LogP contribution >= 0.6 is 0 Å². The van der Waals surface area contributed by atoms with Crippen LogP contribution in [0.3, 0.4) is 0 Å². The van der Waals surface area contributed by atoms with Crippen molar-refractivity contribution in [2.45, 2.75) is 65.0 Å². The standard InChI is InChI=1S/C28H38N2O9/c1-14-10-18-24(33)19(13-20(31)25(18)34)30-27(35)15(2)8-7-9-21(37-5)26(39-28(29)36)17(4)12-16(3)23(32)22(11-14)38-6/h7-9,12-14,16,21-23,26,32,34H,10-11H2,1-6H3,(H2,29,36)(H,30,35)/b9-7-,15-8+,17-12+. The SMILES string of the molecule is COC1/C=C\C=C(/C)C(=O)NC2=CC(=O)C(O)=C(CC(C)CC(OC)C(O)C(C)/C=C(\C)C1OC(N)=O)C2=O. The van der Waals surface area contributed by atoms with Crippen LogP contribution in [0, 0.1) is 11.8 Å². The number of Topliss-reactive ketones (excluding diaryl/α,β-unsaturated/α-hetero) is 1. The summed E-state index contributed by atoms with van der Waals surface area (Å²) in [6.07, 6.45) is 3.05. The molecule has 2 bridgehead atoms. The first kappa shape index (κ1) is 31.7. The number of allylic oxidation sites excluding steroid dienone is 4. The second kappa shape index (κ2) is 14.0. The summed E-state index contributed by atoms with van der Waals surface area (Å²) in [7, 11) is 2.86. The molecule has 0 aromatic carbocycles. The van der Waals surface area contributed by atoms with E-state index < -0.39 is 59.7 Å². The summed E-state index contributed by atoms with van der Waals surface area (Å²) in [6, 6.07) is 0. The molecule has 0 saturated heterocycles. The number of aliphatic hydroxyl groups is 2. The molecular weight excluding hydrogens is 508 g/mol. The van der Waals surface area contributed by atoms with Crippen molar-refractivity contribution < 1.29 is 43.6 Å². The van der Waals surface area contributed by atoms with Gasteiger partial charge in [0.1, 0.15) is 6.10 Å². The van der Waals surface area contributed by atoms with Crippen LogP contribution in [-0.4, -0.2) is 72.4 Å². The summed E-state index contributed by atoms with van der Waals surface area (Å²) in [5, 5.41) is 23.9. The van der Waals surface area contributed by atoms with Gasteiger partial charge in [-0.3, -0.25) is 14.4 Å². The van der Waals surface area contributed by atoms with Crippen LogP contribution in [0.1, 0.15) is 40.5 Å². The molecule has 0 saturated carbocycles. The van der Waals surface area contributed by atoms with E-state index in [4.69, 9.17) is 19.9 Å². The minimum atomic E-state index is -1.01. The second-order valence-electron chi connectivity index (χ2n) is 9.90. The van der Waals surface area contributed by atoms with Gasteiger partial charge in [0, 0.05) is 37.4 Å². The van der Waals surface area contributed by atoms with E-state index in [9.17, 15) is 29.4 Å². The molecule has 0 radical (unpaired) electrons. The number of nitrogens with one attached hydrogen (secondary N) is 1. The Hall–Kier alpha value is -3.54. The van der Waals surface area contributed by atoms with Crippen LogP contribution < -0.4 is 11.1 Å². The van der Waals surface area contributed by atoms with E-state index in [1.165, 1.54) is 33.3 Å². The number of fused-ring (bicyclic) bond motifs is 2. The van der Waals surface area contributed by atoms with Gasteiger partial charge in [-0.2, -0.15) is 0 Å². The molecule has 1 aliphatic carbocycles. The Morgan fingerprint density at radius 3 is 2.38 bits per heavy atom. The second-order valence-corrected chi connectivity index (χ2v) is 9.90. The first-order valence-electron chi connectivity index (χ1n) is 12.6. The predicted molar refractivity (Wildman–Crippen MR) is 142 cm³/mol. The third-order valence-corrected chi connectivity index (χ3v) is 6.76. The van der Waals surface area contributed by atoms with Gasteiger partial charge >= 0.3 is 6.09 Å². The maximum Gasteiger partial charge on any atom is 0.405 e. The summed E-state index contributed by atoms with van der Waals surface area (Å²) in [5.41, 5.74) is 5.70. The summed E-state index contributed by atoms with van der Waals surface area (Å²) in [6.45, 7) is 6.78. The molecule has 2 aliphatic rings. The highest BCUT2D eigenvalue weighted by atomic mass is 16.6. The number of carbonyl (C=O) groups excluding carboxylic acids is 4. The number of methoxy groups -OCH3 is 2. The number of aliphatic hydroxyl groups excluding tert-OH is 2. The first-order chi connectivity index (χ1) is 18.3. The maximum absolute atomic E-state index is 13.1. The van der Waals surface area contributed by atoms with Crippen LogP contribution in [0.4, 0.5) is 4.79 Å². The van der Waals surface area contributed by atoms with Gasteiger partial charge in [-0.25, -0.2) is 4.79 Å². The van der Waals surface area contributed by atoms with Crippen molar-refractivity contribution in [3.05, 3.63) is 58.6 Å². The van der Waals surface area contributed by atoms with Gasteiger partial charge in [0.2, 0.25) is 11.6 Å². The Labute approximate surface area is 228 Å². The Morgan fingerprint density at radius 2 is 1.79 bits per heavy atom. The lowest BCUT2D eigenvalue weighted by molar-refractivity contribution is -0.120. The fourth-order valence-electron chi connectivity index (χ4n) is 4.57. The van der Waals surface area contributed by atoms with Crippen molar-refractivity contribution in [3.8, 4) is 0 Å². The molecule has 1 heterocycles. The van der Waals surface area contributed by atoms with Gasteiger partial charge < -0.3 is 35.5 Å². The van der Waals surface area contributed by atoms with Gasteiger partial charge in [-0.15, -0.1) is 0 Å². The zero-order chi connectivity index (χ0) is 29.4. The molecule has 0 aromatic heterocycles. The summed E-state index contributed by atoms with van der Waals surface area (Å²) in [4.78, 5) is 49.9. The smallest absolute Gasteiger partial charge is 0.405 e. The highest BCUT2D eigenvalue weighted by molar-refractivity contribution is 6.22. The number of nitrogens with two attached hydrogens (primary N) is 1. The molecule has 39 heavy (non-hydrogen) atoms. The highest BCUT2D eigenvalue weighted by Crippen LogP contribution is 2.28. The topological polar surface area (TPSA) is 174 Å². The summed E-state index contributed by atoms with van der Waals surface area (Å²) < 4.78 is 16.4. The van der Waals surface area contributed by atoms with Crippen molar-refractivity contribution >= 4 is 23.6 Å². The fraction of sp³-hybridized carbons (Fsp3) is 0.500. The van der Waals surface area contributed by atoms with Gasteiger partial charge in [-0.1, -0.05) is 38.2 Å². The number of amides is 2. The van der Waals surface area contributed by atoms with Crippen molar-refractivity contribution in [2.75, 3.05) is 14.2 Å². The van der Waals surface area contributed by atoms with Gasteiger partial charge in [0.25, 0.3) is 5.91 Å². The average molecular weight is 547 g/mol. The van der Waals surface area contributed by atoms with Gasteiger partial charge in [0.05, 0.1) is 17.9 Å². The van der Waals surface area contributed by atoms with E-state index >= 15 is 0 Å². The maximum atomic E-state index is 13.1. The van der Waals surface area contributed by atoms with Crippen molar-refractivity contribution in [1.29, 1.82) is 0 Å². The highest BCUT2D eigenvalue weighted by Gasteiger charge is 2.33. The van der Waals surface area contributed by atoms with Gasteiger partial charge in [0.15, 0.2) is 11.9 Å². The van der Waals surface area contributed by atoms with Crippen LogP contribution in [0.5, 0.6) is 0 Å². The van der Waals surface area contributed by atoms with Crippen LogP contribution in [-0.2, 0) is 28.6 Å². The Kier molecular flexibility index (Phi) is 11.4. The minimum Gasteiger partial charge on any atom is -0.504 e. The molecule has 11 heteroatoms. The fourth-order valence-corrected chi connectivity index (χ4v) is 4.57. The number of carbonyl (C=O) groups is 4. The zero-order valence-electron chi connectivity index (χ0n) is 23.1. The van der Waals surface area contributed by atoms with Crippen molar-refractivity contribution in [1.82, 2.24) is 5.32 Å². The molecular formula is C28H38N2O9. The lowest BCUT2D eigenvalue weighted by atomic mass is 9.85. The zero-order valence-corrected chi connectivity index (χ0v) is 23.1. The normalized spacial score (nSPS) is 33.3. The van der Waals surface area contributed by atoms with Crippen LogP contribution in [0.25, 0.3) is 0 Å². The molecule has 2 rings (SSSR count). The molecule has 1 aliphatic heterocycles. The van der Waals surface area contributed by atoms with E-state index in [1.54, 1.807) is 32.9 Å². The number of hydrogen-bond donors (Lipinski definition) is 4. The molecule has 0 aromatic rings. The Morgan fingerprint density at radius 1 is 1.13 bits per heavy atom. The number of ether oxygens (including phenoxy) is 3. The van der Waals surface area contributed by atoms with E-state index in [0.717, 1.165) is 6.08 Å². The number of hydrogen-bond acceptors (Lipinski definition) is 9. The Bertz CT molecular complexity index is 1130. The molecule has 2 amide bonds. The number of rotatable bonds is 3. The summed E-state index contributed by atoms with van der Waals surface area (Å²) >= 11 is 0. The molecule has 5 N–H and O–H groups in total. The number of primary amides is 1. The molecule has 6 unspecified atom stereocenters. The van der Waals surface area contributed by atoms with Crippen molar-refractivity contribution in [2.24, 2.45) is 17.6 Å². The predicted octanol–water partition coefficient (Wildman–Crippen LogP) is 2.32. The third kappa shape index (κ3) is 8.22. The van der Waals surface area contributed by atoms with Crippen LogP contribution in [0.15, 0.2) is 58.6 Å². The molecule has 6 atom stereocenters.